The van der Waals surface area contributed by atoms with Crippen molar-refractivity contribution in [2.75, 3.05) is 18.0 Å². The van der Waals surface area contributed by atoms with Gasteiger partial charge >= 0.3 is 0 Å². The molecule has 0 aliphatic carbocycles. The Balaban J connectivity index is 1.55. The van der Waals surface area contributed by atoms with E-state index in [4.69, 9.17) is 0 Å². The van der Waals surface area contributed by atoms with Crippen molar-refractivity contribution >= 4 is 5.82 Å². The number of piperidine rings is 1. The lowest BCUT2D eigenvalue weighted by Gasteiger charge is -2.33. The van der Waals surface area contributed by atoms with Crippen LogP contribution in [0.2, 0.25) is 0 Å². The third kappa shape index (κ3) is 3.14. The Kier molecular flexibility index (Phi) is 3.92. The Labute approximate surface area is 118 Å². The zero-order valence-electron chi connectivity index (χ0n) is 11.7. The van der Waals surface area contributed by atoms with E-state index in [-0.39, 0.29) is 0 Å². The third-order valence-electron chi connectivity index (χ3n) is 3.66. The van der Waals surface area contributed by atoms with Crippen LogP contribution >= 0.6 is 0 Å². The normalized spacial score (nSPS) is 19.2. The molecule has 1 atom stereocenters. The van der Waals surface area contributed by atoms with Gasteiger partial charge in [0, 0.05) is 50.7 Å². The van der Waals surface area contributed by atoms with Crippen molar-refractivity contribution in [3.05, 3.63) is 36.3 Å². The molecule has 1 aliphatic heterocycles. The van der Waals surface area contributed by atoms with Crippen molar-refractivity contribution in [1.82, 2.24) is 25.3 Å². The summed E-state index contributed by atoms with van der Waals surface area (Å²) in [6, 6.07) is 4.46. The number of hydrogen-bond donors (Lipinski definition) is 1. The quantitative estimate of drug-likeness (QED) is 0.898. The van der Waals surface area contributed by atoms with Crippen LogP contribution in [0.4, 0.5) is 5.82 Å². The van der Waals surface area contributed by atoms with Gasteiger partial charge in [0.25, 0.3) is 0 Å². The minimum absolute atomic E-state index is 0.492. The monoisotopic (exact) mass is 272 g/mol. The molecule has 0 saturated carbocycles. The van der Waals surface area contributed by atoms with Crippen LogP contribution < -0.4 is 10.2 Å². The molecule has 0 aromatic carbocycles. The Bertz CT molecular complexity index is 538. The van der Waals surface area contributed by atoms with Crippen molar-refractivity contribution in [3.8, 4) is 0 Å². The maximum atomic E-state index is 4.19. The summed E-state index contributed by atoms with van der Waals surface area (Å²) < 4.78 is 1.84. The Hall–Kier alpha value is -1.95. The van der Waals surface area contributed by atoms with Crippen LogP contribution in [0.15, 0.2) is 30.7 Å². The Morgan fingerprint density at radius 3 is 3.15 bits per heavy atom. The molecule has 1 N–H and O–H groups in total. The van der Waals surface area contributed by atoms with Crippen LogP contribution in [-0.2, 0) is 13.6 Å². The van der Waals surface area contributed by atoms with Gasteiger partial charge in [0.05, 0.1) is 6.20 Å². The van der Waals surface area contributed by atoms with E-state index in [0.717, 1.165) is 25.5 Å². The molecule has 0 radical (unpaired) electrons. The van der Waals surface area contributed by atoms with Gasteiger partial charge in [0.15, 0.2) is 5.82 Å². The highest BCUT2D eigenvalue weighted by molar-refractivity contribution is 5.37. The zero-order valence-corrected chi connectivity index (χ0v) is 11.7. The second-order valence-electron chi connectivity index (χ2n) is 5.27. The number of anilines is 1. The lowest BCUT2D eigenvalue weighted by molar-refractivity contribution is 0.419. The summed E-state index contributed by atoms with van der Waals surface area (Å²) in [5, 5.41) is 16.0. The first-order chi connectivity index (χ1) is 9.81. The van der Waals surface area contributed by atoms with E-state index in [1.54, 1.807) is 6.20 Å². The van der Waals surface area contributed by atoms with Crippen LogP contribution in [0.5, 0.6) is 0 Å². The van der Waals surface area contributed by atoms with Crippen molar-refractivity contribution in [2.24, 2.45) is 7.05 Å². The molecule has 2 aromatic heterocycles. The average molecular weight is 272 g/mol. The second-order valence-corrected chi connectivity index (χ2v) is 5.27. The molecular weight excluding hydrogens is 252 g/mol. The van der Waals surface area contributed by atoms with Crippen molar-refractivity contribution in [2.45, 2.75) is 25.4 Å². The van der Waals surface area contributed by atoms with Gasteiger partial charge in [-0.2, -0.15) is 10.2 Å². The first kappa shape index (κ1) is 13.1. The minimum atomic E-state index is 0.492. The summed E-state index contributed by atoms with van der Waals surface area (Å²) in [6.45, 7) is 2.91. The lowest BCUT2D eigenvalue weighted by Crippen LogP contribution is -2.45. The maximum absolute atomic E-state index is 4.19. The SMILES string of the molecule is Cn1cc(CN[C@@H]2CCCN(c3cccnn3)C2)cn1. The minimum Gasteiger partial charge on any atom is -0.354 e. The van der Waals surface area contributed by atoms with E-state index in [1.807, 2.05) is 30.1 Å². The number of aromatic nitrogens is 4. The van der Waals surface area contributed by atoms with E-state index in [0.29, 0.717) is 6.04 Å². The van der Waals surface area contributed by atoms with Gasteiger partial charge in [-0.3, -0.25) is 4.68 Å². The zero-order chi connectivity index (χ0) is 13.8. The largest absolute Gasteiger partial charge is 0.354 e. The molecule has 0 spiro atoms. The molecule has 3 heterocycles. The summed E-state index contributed by atoms with van der Waals surface area (Å²) in [5.41, 5.74) is 1.23. The highest BCUT2D eigenvalue weighted by Crippen LogP contribution is 2.16. The van der Waals surface area contributed by atoms with Crippen LogP contribution in [0.1, 0.15) is 18.4 Å². The number of aryl methyl sites for hydroxylation is 1. The highest BCUT2D eigenvalue weighted by atomic mass is 15.3. The summed E-state index contributed by atoms with van der Waals surface area (Å²) >= 11 is 0. The predicted octanol–water partition coefficient (Wildman–Crippen LogP) is 0.969. The van der Waals surface area contributed by atoms with E-state index >= 15 is 0 Å². The lowest BCUT2D eigenvalue weighted by atomic mass is 10.1. The number of hydrogen-bond acceptors (Lipinski definition) is 5. The third-order valence-corrected chi connectivity index (χ3v) is 3.66. The van der Waals surface area contributed by atoms with E-state index < -0.39 is 0 Å². The molecule has 1 aliphatic rings. The fourth-order valence-electron chi connectivity index (χ4n) is 2.64. The average Bonchev–Trinajstić information content (AvgIpc) is 2.92. The van der Waals surface area contributed by atoms with Gasteiger partial charge in [0.1, 0.15) is 0 Å². The highest BCUT2D eigenvalue weighted by Gasteiger charge is 2.20. The number of nitrogens with zero attached hydrogens (tertiary/aromatic N) is 5. The molecule has 1 saturated heterocycles. The van der Waals surface area contributed by atoms with Crippen LogP contribution in [0, 0.1) is 0 Å². The molecular formula is C14H20N6. The predicted molar refractivity (Wildman–Crippen MR) is 77.3 cm³/mol. The van der Waals surface area contributed by atoms with Crippen LogP contribution in [-0.4, -0.2) is 39.1 Å². The van der Waals surface area contributed by atoms with Gasteiger partial charge in [-0.1, -0.05) is 0 Å². The van der Waals surface area contributed by atoms with Gasteiger partial charge in [-0.05, 0) is 25.0 Å². The van der Waals surface area contributed by atoms with E-state index in [2.05, 4.69) is 31.7 Å². The number of rotatable bonds is 4. The molecule has 6 nitrogen and oxygen atoms in total. The number of nitrogens with one attached hydrogen (secondary N) is 1. The van der Waals surface area contributed by atoms with Crippen molar-refractivity contribution in [1.29, 1.82) is 0 Å². The fraction of sp³-hybridized carbons (Fsp3) is 0.500. The fourth-order valence-corrected chi connectivity index (χ4v) is 2.64. The van der Waals surface area contributed by atoms with Gasteiger partial charge in [-0.25, -0.2) is 0 Å². The van der Waals surface area contributed by atoms with Crippen molar-refractivity contribution in [3.63, 3.8) is 0 Å². The molecule has 3 rings (SSSR count). The molecule has 0 bridgehead atoms. The standard InChI is InChI=1S/C14H20N6/c1-19-10-12(9-17-19)8-15-13-4-3-7-20(11-13)14-5-2-6-16-18-14/h2,5-6,9-10,13,15H,3-4,7-8,11H2,1H3/t13-/m1/s1. The molecule has 20 heavy (non-hydrogen) atoms. The first-order valence-corrected chi connectivity index (χ1v) is 7.05. The topological polar surface area (TPSA) is 58.9 Å². The van der Waals surface area contributed by atoms with E-state index in [1.165, 1.54) is 18.4 Å². The molecule has 2 aromatic rings. The van der Waals surface area contributed by atoms with E-state index in [9.17, 15) is 0 Å². The van der Waals surface area contributed by atoms with Gasteiger partial charge in [0.2, 0.25) is 0 Å². The molecule has 1 fully saturated rings. The van der Waals surface area contributed by atoms with Crippen LogP contribution in [0.25, 0.3) is 0 Å². The van der Waals surface area contributed by atoms with Crippen LogP contribution in [0.3, 0.4) is 0 Å². The molecule has 0 amide bonds. The van der Waals surface area contributed by atoms with Gasteiger partial charge in [-0.15, -0.1) is 5.10 Å². The first-order valence-electron chi connectivity index (χ1n) is 7.05. The Morgan fingerprint density at radius 2 is 2.40 bits per heavy atom. The smallest absolute Gasteiger partial charge is 0.151 e. The maximum Gasteiger partial charge on any atom is 0.151 e. The molecule has 0 unspecified atom stereocenters. The van der Waals surface area contributed by atoms with Crippen molar-refractivity contribution < 1.29 is 0 Å². The summed E-state index contributed by atoms with van der Waals surface area (Å²) in [4.78, 5) is 2.30. The molecule has 6 heteroatoms. The molecule has 106 valence electrons. The Morgan fingerprint density at radius 1 is 1.45 bits per heavy atom. The van der Waals surface area contributed by atoms with Gasteiger partial charge < -0.3 is 10.2 Å². The summed E-state index contributed by atoms with van der Waals surface area (Å²) in [6.07, 6.45) is 8.07. The summed E-state index contributed by atoms with van der Waals surface area (Å²) in [5.74, 6) is 0.973. The second kappa shape index (κ2) is 6.00. The summed E-state index contributed by atoms with van der Waals surface area (Å²) in [7, 11) is 1.94.